The quantitative estimate of drug-likeness (QED) is 0.187. The van der Waals surface area contributed by atoms with Crippen LogP contribution in [0.3, 0.4) is 0 Å². The van der Waals surface area contributed by atoms with Crippen molar-refractivity contribution in [1.29, 1.82) is 0 Å². The van der Waals surface area contributed by atoms with Crippen molar-refractivity contribution in [2.45, 2.75) is 88.6 Å². The van der Waals surface area contributed by atoms with E-state index in [1.54, 1.807) is 21.6 Å². The minimum Gasteiger partial charge on any atom is -0.458 e. The lowest BCUT2D eigenvalue weighted by Crippen LogP contribution is -2.45. The molecule has 4 saturated heterocycles. The van der Waals surface area contributed by atoms with Gasteiger partial charge in [0, 0.05) is 23.3 Å². The Kier molecular flexibility index (Phi) is 7.18. The van der Waals surface area contributed by atoms with Gasteiger partial charge in [-0.05, 0) is 63.2 Å². The predicted molar refractivity (Wildman–Crippen MR) is 132 cm³/mol. The van der Waals surface area contributed by atoms with Crippen LogP contribution in [0, 0.1) is 35.5 Å². The van der Waals surface area contributed by atoms with Crippen LogP contribution in [-0.2, 0) is 38.1 Å². The molecule has 0 aromatic carbocycles. The summed E-state index contributed by atoms with van der Waals surface area (Å²) in [6.45, 7) is 0. The van der Waals surface area contributed by atoms with Crippen LogP contribution < -0.4 is 0 Å². The van der Waals surface area contributed by atoms with E-state index in [4.69, 9.17) is 18.9 Å². The number of fused-ring (bicyclic) bond motifs is 2. The van der Waals surface area contributed by atoms with E-state index >= 15 is 0 Å². The molecule has 8 fully saturated rings. The van der Waals surface area contributed by atoms with Gasteiger partial charge >= 0.3 is 23.9 Å². The average molecular weight is 539 g/mol. The van der Waals surface area contributed by atoms with E-state index in [1.807, 2.05) is 0 Å². The molecule has 0 aromatic heterocycles. The summed E-state index contributed by atoms with van der Waals surface area (Å²) < 4.78 is 22.9. The standard InChI is InChI=1S/C26H34O8S2/c27-21(33-23-15-5-13-7-17(11-15)25(29)31-19(23)9-13)1-3-35-36-4-2-22(28)34-24-16-6-14-8-18(12-16)26(30)32-20(24)10-14/h13-20,23-24H,1-12H2. The number of hydrogen-bond acceptors (Lipinski definition) is 10. The maximum absolute atomic E-state index is 12.5. The smallest absolute Gasteiger partial charge is 0.309 e. The normalized spacial score (nSPS) is 41.9. The fraction of sp³-hybridized carbons (Fsp3) is 0.846. The third-order valence-electron chi connectivity index (χ3n) is 9.07. The van der Waals surface area contributed by atoms with Crippen LogP contribution in [0.4, 0.5) is 0 Å². The molecule has 8 nitrogen and oxygen atoms in total. The van der Waals surface area contributed by atoms with E-state index in [0.29, 0.717) is 23.3 Å². The number of hydrogen-bond donors (Lipinski definition) is 0. The Balaban J connectivity index is 0.877. The molecule has 4 aliphatic carbocycles. The number of ether oxygens (including phenoxy) is 4. The largest absolute Gasteiger partial charge is 0.458 e. The van der Waals surface area contributed by atoms with E-state index < -0.39 is 0 Å². The van der Waals surface area contributed by atoms with Crippen LogP contribution in [0.5, 0.6) is 0 Å². The second-order valence-corrected chi connectivity index (χ2v) is 14.2. The highest BCUT2D eigenvalue weighted by Crippen LogP contribution is 2.49. The van der Waals surface area contributed by atoms with Crippen molar-refractivity contribution in [2.24, 2.45) is 35.5 Å². The fourth-order valence-electron chi connectivity index (χ4n) is 7.66. The molecule has 198 valence electrons. The van der Waals surface area contributed by atoms with Crippen molar-refractivity contribution in [3.63, 3.8) is 0 Å². The van der Waals surface area contributed by atoms with E-state index in [-0.39, 0.29) is 84.8 Å². The van der Waals surface area contributed by atoms with Crippen LogP contribution in [0.1, 0.15) is 64.2 Å². The highest BCUT2D eigenvalue weighted by atomic mass is 33.1. The number of esters is 4. The molecule has 4 saturated carbocycles. The summed E-state index contributed by atoms with van der Waals surface area (Å²) in [6.07, 6.45) is 6.46. The summed E-state index contributed by atoms with van der Waals surface area (Å²) in [5.41, 5.74) is 0. The van der Waals surface area contributed by atoms with Gasteiger partial charge in [-0.3, -0.25) is 19.2 Å². The lowest BCUT2D eigenvalue weighted by molar-refractivity contribution is -0.172. The minimum absolute atomic E-state index is 0.0242. The predicted octanol–water partition coefficient (Wildman–Crippen LogP) is 3.69. The topological polar surface area (TPSA) is 105 Å². The van der Waals surface area contributed by atoms with Crippen LogP contribution in [0.15, 0.2) is 0 Å². The number of carbonyl (C=O) groups excluding carboxylic acids is 4. The Labute approximate surface area is 219 Å². The molecule has 10 unspecified atom stereocenters. The Morgan fingerprint density at radius 2 is 1.11 bits per heavy atom. The summed E-state index contributed by atoms with van der Waals surface area (Å²) in [7, 11) is 3.09. The maximum atomic E-state index is 12.5. The molecule has 0 N–H and O–H groups in total. The van der Waals surface area contributed by atoms with Crippen molar-refractivity contribution >= 4 is 45.5 Å². The fourth-order valence-corrected chi connectivity index (χ4v) is 9.61. The molecule has 0 aromatic rings. The molecule has 36 heavy (non-hydrogen) atoms. The van der Waals surface area contributed by atoms with Crippen LogP contribution in [0.2, 0.25) is 0 Å². The molecule has 4 aliphatic heterocycles. The third-order valence-corrected chi connectivity index (χ3v) is 11.5. The highest BCUT2D eigenvalue weighted by molar-refractivity contribution is 8.76. The van der Waals surface area contributed by atoms with Crippen LogP contribution >= 0.6 is 21.6 Å². The van der Waals surface area contributed by atoms with Crippen molar-refractivity contribution in [1.82, 2.24) is 0 Å². The molecule has 4 heterocycles. The van der Waals surface area contributed by atoms with Gasteiger partial charge in [-0.2, -0.15) is 0 Å². The first-order valence-electron chi connectivity index (χ1n) is 13.5. The SMILES string of the molecule is O=C(CCSSCCC(=O)OC1C2CC3CC(C2)C(=O)OC1C3)OC1C2CC3CC(C2)C(=O)OC1C3. The first-order valence-corrected chi connectivity index (χ1v) is 16.0. The molecule has 10 atom stereocenters. The molecule has 8 rings (SSSR count). The van der Waals surface area contributed by atoms with Gasteiger partial charge in [-0.25, -0.2) is 0 Å². The van der Waals surface area contributed by atoms with E-state index in [2.05, 4.69) is 0 Å². The van der Waals surface area contributed by atoms with Gasteiger partial charge in [0.1, 0.15) is 24.4 Å². The number of rotatable bonds is 9. The van der Waals surface area contributed by atoms with Gasteiger partial charge < -0.3 is 18.9 Å². The Morgan fingerprint density at radius 3 is 1.56 bits per heavy atom. The number of carbonyl (C=O) groups is 4. The summed E-state index contributed by atoms with van der Waals surface area (Å²) in [4.78, 5) is 49.3. The zero-order chi connectivity index (χ0) is 24.8. The van der Waals surface area contributed by atoms with Crippen LogP contribution in [-0.4, -0.2) is 59.8 Å². The van der Waals surface area contributed by atoms with E-state index in [1.165, 1.54) is 0 Å². The minimum atomic E-state index is -0.302. The zero-order valence-electron chi connectivity index (χ0n) is 20.3. The first kappa shape index (κ1) is 24.9. The first-order chi connectivity index (χ1) is 17.4. The Morgan fingerprint density at radius 1 is 0.667 bits per heavy atom. The molecule has 0 radical (unpaired) electrons. The maximum Gasteiger partial charge on any atom is 0.309 e. The monoisotopic (exact) mass is 538 g/mol. The lowest BCUT2D eigenvalue weighted by atomic mass is 9.67. The van der Waals surface area contributed by atoms with Crippen molar-refractivity contribution in [2.75, 3.05) is 11.5 Å². The van der Waals surface area contributed by atoms with Crippen LogP contribution in [0.25, 0.3) is 0 Å². The summed E-state index contributed by atoms with van der Waals surface area (Å²) in [5, 5.41) is 0. The van der Waals surface area contributed by atoms with Crippen molar-refractivity contribution < 1.29 is 38.1 Å². The zero-order valence-corrected chi connectivity index (χ0v) is 22.0. The van der Waals surface area contributed by atoms with Crippen molar-refractivity contribution in [3.8, 4) is 0 Å². The van der Waals surface area contributed by atoms with E-state index in [0.717, 1.165) is 51.4 Å². The second-order valence-electron chi connectivity index (χ2n) is 11.5. The Hall–Kier alpha value is -1.42. The molecule has 10 heteroatoms. The van der Waals surface area contributed by atoms with Crippen molar-refractivity contribution in [3.05, 3.63) is 0 Å². The van der Waals surface area contributed by atoms with Gasteiger partial charge in [0.05, 0.1) is 24.7 Å². The molecule has 8 aliphatic rings. The third kappa shape index (κ3) is 5.13. The molecular formula is C26H34O8S2. The molecule has 0 amide bonds. The van der Waals surface area contributed by atoms with Gasteiger partial charge in [-0.15, -0.1) is 0 Å². The van der Waals surface area contributed by atoms with Gasteiger partial charge in [0.2, 0.25) is 0 Å². The summed E-state index contributed by atoms with van der Waals surface area (Å²) in [6, 6.07) is 0. The highest BCUT2D eigenvalue weighted by Gasteiger charge is 2.52. The second kappa shape index (κ2) is 10.4. The summed E-state index contributed by atoms with van der Waals surface area (Å²) >= 11 is 0. The molecule has 0 spiro atoms. The van der Waals surface area contributed by atoms with Gasteiger partial charge in [-0.1, -0.05) is 21.6 Å². The summed E-state index contributed by atoms with van der Waals surface area (Å²) in [5.74, 6) is 1.92. The molecule has 8 bridgehead atoms. The molecular weight excluding hydrogens is 504 g/mol. The van der Waals surface area contributed by atoms with Gasteiger partial charge in [0.15, 0.2) is 0 Å². The Bertz CT molecular complexity index is 838. The van der Waals surface area contributed by atoms with E-state index in [9.17, 15) is 19.2 Å². The lowest BCUT2D eigenvalue weighted by Gasteiger charge is -2.41. The van der Waals surface area contributed by atoms with Gasteiger partial charge in [0.25, 0.3) is 0 Å². The average Bonchev–Trinajstić information content (AvgIpc) is 3.11.